The summed E-state index contributed by atoms with van der Waals surface area (Å²) in [7, 11) is 0. The van der Waals surface area contributed by atoms with Crippen LogP contribution >= 0.6 is 24.0 Å². The summed E-state index contributed by atoms with van der Waals surface area (Å²) in [5.41, 5.74) is 10.6. The lowest BCUT2D eigenvalue weighted by molar-refractivity contribution is 0.357. The molecule has 0 saturated carbocycles. The van der Waals surface area contributed by atoms with Crippen molar-refractivity contribution in [3.8, 4) is 0 Å². The third-order valence-corrected chi connectivity index (χ3v) is 4.33. The molecule has 2 rings (SSSR count). The fourth-order valence-corrected chi connectivity index (χ4v) is 2.75. The van der Waals surface area contributed by atoms with Gasteiger partial charge in [0.2, 0.25) is 0 Å². The maximum absolute atomic E-state index is 6.05. The Balaban J connectivity index is 0.00000338. The predicted octanol–water partition coefficient (Wildman–Crippen LogP) is 4.78. The minimum atomic E-state index is -0.162. The predicted molar refractivity (Wildman–Crippen MR) is 124 cm³/mol. The standard InChI is InChI=1S/C21H30N4.HI/c1-15-11-12-19(13-16(15)2)24-20(22)23-14-21(4,5)25-17(3)18-9-7-6-8-10-18;/h6-13,17,25H,14H2,1-5H3,(H3,22,23,24);1H. The summed E-state index contributed by atoms with van der Waals surface area (Å²) >= 11 is 0. The molecule has 0 aliphatic heterocycles. The highest BCUT2D eigenvalue weighted by Crippen LogP contribution is 2.17. The van der Waals surface area contributed by atoms with Crippen molar-refractivity contribution in [3.63, 3.8) is 0 Å². The minimum absolute atomic E-state index is 0. The van der Waals surface area contributed by atoms with Crippen LogP contribution in [0.2, 0.25) is 0 Å². The molecule has 2 aromatic rings. The van der Waals surface area contributed by atoms with E-state index in [0.29, 0.717) is 12.5 Å². The number of benzene rings is 2. The van der Waals surface area contributed by atoms with E-state index < -0.39 is 0 Å². The van der Waals surface area contributed by atoms with Crippen LogP contribution in [-0.4, -0.2) is 18.0 Å². The van der Waals surface area contributed by atoms with Crippen LogP contribution in [0.15, 0.2) is 53.5 Å². The number of halogens is 1. The Bertz CT molecular complexity index is 726. The third-order valence-electron chi connectivity index (χ3n) is 4.33. The Morgan fingerprint density at radius 1 is 1.08 bits per heavy atom. The Kier molecular flexibility index (Phi) is 8.56. The number of aliphatic imine (C=N–C) groups is 1. The molecule has 5 heteroatoms. The van der Waals surface area contributed by atoms with Crippen molar-refractivity contribution in [1.82, 2.24) is 5.32 Å². The lowest BCUT2D eigenvalue weighted by Gasteiger charge is -2.29. The van der Waals surface area contributed by atoms with Crippen molar-refractivity contribution in [2.75, 3.05) is 11.9 Å². The first-order valence-electron chi connectivity index (χ1n) is 8.74. The molecule has 4 nitrogen and oxygen atoms in total. The number of nitrogens with one attached hydrogen (secondary N) is 2. The largest absolute Gasteiger partial charge is 0.370 e. The van der Waals surface area contributed by atoms with Gasteiger partial charge in [-0.05, 0) is 63.4 Å². The second-order valence-corrected chi connectivity index (χ2v) is 7.29. The van der Waals surface area contributed by atoms with Gasteiger partial charge in [-0.2, -0.15) is 0 Å². The first-order chi connectivity index (χ1) is 11.8. The quantitative estimate of drug-likeness (QED) is 0.326. The zero-order chi connectivity index (χ0) is 18.4. The van der Waals surface area contributed by atoms with Crippen LogP contribution in [0.1, 0.15) is 43.5 Å². The van der Waals surface area contributed by atoms with E-state index in [1.165, 1.54) is 16.7 Å². The number of hydrogen-bond donors (Lipinski definition) is 3. The molecule has 0 aliphatic carbocycles. The van der Waals surface area contributed by atoms with Gasteiger partial charge in [-0.25, -0.2) is 0 Å². The summed E-state index contributed by atoms with van der Waals surface area (Å²) in [6, 6.07) is 16.8. The maximum atomic E-state index is 6.05. The summed E-state index contributed by atoms with van der Waals surface area (Å²) in [4.78, 5) is 4.51. The van der Waals surface area contributed by atoms with Crippen molar-refractivity contribution < 1.29 is 0 Å². The van der Waals surface area contributed by atoms with E-state index in [-0.39, 0.29) is 35.6 Å². The van der Waals surface area contributed by atoms with Gasteiger partial charge in [0.05, 0.1) is 6.54 Å². The molecular weight excluding hydrogens is 435 g/mol. The molecule has 1 unspecified atom stereocenters. The summed E-state index contributed by atoms with van der Waals surface area (Å²) in [6.45, 7) is 11.2. The van der Waals surface area contributed by atoms with Gasteiger partial charge in [-0.3, -0.25) is 4.99 Å². The molecule has 0 fully saturated rings. The summed E-state index contributed by atoms with van der Waals surface area (Å²) in [5, 5.41) is 6.79. The van der Waals surface area contributed by atoms with E-state index in [2.05, 4.69) is 86.6 Å². The number of nitrogens with two attached hydrogens (primary N) is 1. The van der Waals surface area contributed by atoms with Gasteiger partial charge in [0.15, 0.2) is 5.96 Å². The smallest absolute Gasteiger partial charge is 0.193 e. The zero-order valence-electron chi connectivity index (χ0n) is 16.3. The second-order valence-electron chi connectivity index (χ2n) is 7.29. The van der Waals surface area contributed by atoms with E-state index in [4.69, 9.17) is 5.73 Å². The molecule has 2 aromatic carbocycles. The molecule has 142 valence electrons. The Labute approximate surface area is 174 Å². The lowest BCUT2D eigenvalue weighted by Crippen LogP contribution is -2.44. The number of hydrogen-bond acceptors (Lipinski definition) is 2. The van der Waals surface area contributed by atoms with Crippen LogP contribution in [0.4, 0.5) is 5.69 Å². The van der Waals surface area contributed by atoms with Crippen LogP contribution < -0.4 is 16.4 Å². The average molecular weight is 466 g/mol. The second kappa shape index (κ2) is 9.92. The van der Waals surface area contributed by atoms with Crippen LogP contribution in [0.25, 0.3) is 0 Å². The number of rotatable bonds is 6. The summed E-state index contributed by atoms with van der Waals surface area (Å²) in [5.74, 6) is 0.436. The van der Waals surface area contributed by atoms with Gasteiger partial charge < -0.3 is 16.4 Å². The van der Waals surface area contributed by atoms with Crippen molar-refractivity contribution in [2.24, 2.45) is 10.7 Å². The number of nitrogens with zero attached hydrogens (tertiary/aromatic N) is 1. The summed E-state index contributed by atoms with van der Waals surface area (Å²) < 4.78 is 0. The molecule has 0 saturated heterocycles. The average Bonchev–Trinajstić information content (AvgIpc) is 2.57. The van der Waals surface area contributed by atoms with Crippen LogP contribution in [0, 0.1) is 13.8 Å². The monoisotopic (exact) mass is 466 g/mol. The number of anilines is 1. The molecule has 0 aromatic heterocycles. The molecular formula is C21H31IN4. The normalized spacial score (nSPS) is 13.0. The van der Waals surface area contributed by atoms with Crippen LogP contribution in [0.5, 0.6) is 0 Å². The third kappa shape index (κ3) is 6.96. The zero-order valence-corrected chi connectivity index (χ0v) is 18.7. The maximum Gasteiger partial charge on any atom is 0.193 e. The molecule has 0 bridgehead atoms. The van der Waals surface area contributed by atoms with Crippen LogP contribution in [-0.2, 0) is 0 Å². The fraction of sp³-hybridized carbons (Fsp3) is 0.381. The fourth-order valence-electron chi connectivity index (χ4n) is 2.75. The molecule has 0 aliphatic rings. The van der Waals surface area contributed by atoms with E-state index in [9.17, 15) is 0 Å². The molecule has 0 heterocycles. The van der Waals surface area contributed by atoms with Crippen LogP contribution in [0.3, 0.4) is 0 Å². The first kappa shape index (κ1) is 22.4. The van der Waals surface area contributed by atoms with Gasteiger partial charge >= 0.3 is 0 Å². The lowest BCUT2D eigenvalue weighted by atomic mass is 10.0. The summed E-state index contributed by atoms with van der Waals surface area (Å²) in [6.07, 6.45) is 0. The van der Waals surface area contributed by atoms with Gasteiger partial charge in [-0.15, -0.1) is 24.0 Å². The van der Waals surface area contributed by atoms with Gasteiger partial charge in [0.25, 0.3) is 0 Å². The van der Waals surface area contributed by atoms with Crippen molar-refractivity contribution in [2.45, 2.75) is 46.2 Å². The Hall–Kier alpha value is -1.60. The Morgan fingerprint density at radius 2 is 1.73 bits per heavy atom. The molecule has 0 radical (unpaired) electrons. The highest BCUT2D eigenvalue weighted by molar-refractivity contribution is 14.0. The minimum Gasteiger partial charge on any atom is -0.370 e. The molecule has 1 atom stereocenters. The molecule has 26 heavy (non-hydrogen) atoms. The highest BCUT2D eigenvalue weighted by atomic mass is 127. The topological polar surface area (TPSA) is 62.4 Å². The molecule has 0 spiro atoms. The van der Waals surface area contributed by atoms with Gasteiger partial charge in [0.1, 0.15) is 0 Å². The van der Waals surface area contributed by atoms with Gasteiger partial charge in [0, 0.05) is 17.3 Å². The van der Waals surface area contributed by atoms with Gasteiger partial charge in [-0.1, -0.05) is 36.4 Å². The molecule has 0 amide bonds. The van der Waals surface area contributed by atoms with E-state index in [1.807, 2.05) is 12.1 Å². The number of guanidine groups is 1. The van der Waals surface area contributed by atoms with Crippen molar-refractivity contribution in [3.05, 3.63) is 65.2 Å². The van der Waals surface area contributed by atoms with Crippen molar-refractivity contribution >= 4 is 35.6 Å². The number of aryl methyl sites for hydroxylation is 2. The molecule has 4 N–H and O–H groups in total. The van der Waals surface area contributed by atoms with E-state index in [1.54, 1.807) is 0 Å². The SMILES string of the molecule is Cc1ccc(NC(N)=NCC(C)(C)NC(C)c2ccccc2)cc1C.I. The first-order valence-corrected chi connectivity index (χ1v) is 8.74. The Morgan fingerprint density at radius 3 is 2.35 bits per heavy atom. The van der Waals surface area contributed by atoms with E-state index in [0.717, 1.165) is 5.69 Å². The van der Waals surface area contributed by atoms with Crippen molar-refractivity contribution in [1.29, 1.82) is 0 Å². The van der Waals surface area contributed by atoms with E-state index >= 15 is 0 Å². The highest BCUT2D eigenvalue weighted by Gasteiger charge is 2.20.